The lowest BCUT2D eigenvalue weighted by Crippen LogP contribution is -2.32. The number of aromatic nitrogens is 3. The fourth-order valence-electron chi connectivity index (χ4n) is 3.23. The summed E-state index contributed by atoms with van der Waals surface area (Å²) in [6, 6.07) is 9.25. The van der Waals surface area contributed by atoms with E-state index in [1.807, 2.05) is 45.0 Å². The van der Waals surface area contributed by atoms with E-state index >= 15 is 0 Å². The Hall–Kier alpha value is -2.11. The molecule has 3 rings (SSSR count). The van der Waals surface area contributed by atoms with Crippen LogP contribution in [0.1, 0.15) is 26.5 Å². The summed E-state index contributed by atoms with van der Waals surface area (Å²) < 4.78 is 7.58. The van der Waals surface area contributed by atoms with Gasteiger partial charge < -0.3 is 9.30 Å². The first kappa shape index (κ1) is 18.7. The second-order valence-corrected chi connectivity index (χ2v) is 7.63. The molecular weight excluding hydrogens is 373 g/mol. The third kappa shape index (κ3) is 3.69. The van der Waals surface area contributed by atoms with E-state index in [9.17, 15) is 4.79 Å². The van der Waals surface area contributed by atoms with E-state index in [1.165, 1.54) is 6.92 Å². The third-order valence-electron chi connectivity index (χ3n) is 4.13. The van der Waals surface area contributed by atoms with Crippen LogP contribution in [0.2, 0.25) is 10.2 Å². The topological polar surface area (TPSA) is 57.0 Å². The molecule has 0 aliphatic carbocycles. The number of benzene rings is 1. The molecule has 0 unspecified atom stereocenters. The normalized spacial score (nSPS) is 11.8. The Balaban J connectivity index is 2.20. The molecule has 2 heterocycles. The molecule has 0 saturated heterocycles. The van der Waals surface area contributed by atoms with Crippen molar-refractivity contribution in [1.82, 2.24) is 14.8 Å². The highest BCUT2D eigenvalue weighted by Gasteiger charge is 2.26. The van der Waals surface area contributed by atoms with Crippen LogP contribution < -0.4 is 0 Å². The monoisotopic (exact) mass is 391 g/mol. The maximum absolute atomic E-state index is 11.4. The van der Waals surface area contributed by atoms with Gasteiger partial charge in [0.1, 0.15) is 5.60 Å². The molecule has 2 aromatic heterocycles. The van der Waals surface area contributed by atoms with E-state index in [-0.39, 0.29) is 5.97 Å². The van der Waals surface area contributed by atoms with Crippen molar-refractivity contribution < 1.29 is 9.53 Å². The molecule has 0 aliphatic rings. The largest absolute Gasteiger partial charge is 0.458 e. The Morgan fingerprint density at radius 1 is 1.19 bits per heavy atom. The molecule has 136 valence electrons. The van der Waals surface area contributed by atoms with Crippen LogP contribution in [0.15, 0.2) is 30.3 Å². The maximum Gasteiger partial charge on any atom is 0.303 e. The average Bonchev–Trinajstić information content (AvgIpc) is 2.78. The van der Waals surface area contributed by atoms with Gasteiger partial charge >= 0.3 is 5.97 Å². The fraction of sp³-hybridized carbons (Fsp3) is 0.316. The molecule has 5 nitrogen and oxygen atoms in total. The first-order valence-corrected chi connectivity index (χ1v) is 8.91. The molecule has 0 atom stereocenters. The van der Waals surface area contributed by atoms with Crippen LogP contribution in [0.3, 0.4) is 0 Å². The Kier molecular flexibility index (Phi) is 4.95. The lowest BCUT2D eigenvalue weighted by Gasteiger charge is -2.26. The van der Waals surface area contributed by atoms with Gasteiger partial charge in [-0.1, -0.05) is 23.2 Å². The molecule has 0 aliphatic heterocycles. The van der Waals surface area contributed by atoms with Gasteiger partial charge in [-0.3, -0.25) is 4.79 Å². The van der Waals surface area contributed by atoms with E-state index in [0.717, 1.165) is 22.2 Å². The van der Waals surface area contributed by atoms with Crippen molar-refractivity contribution in [1.29, 1.82) is 0 Å². The number of halogens is 2. The second-order valence-electron chi connectivity index (χ2n) is 6.80. The molecule has 0 saturated carbocycles. The molecule has 1 aromatic carbocycles. The number of esters is 1. The van der Waals surface area contributed by atoms with Gasteiger partial charge in [-0.2, -0.15) is 0 Å². The lowest BCUT2D eigenvalue weighted by molar-refractivity contribution is -0.154. The summed E-state index contributed by atoms with van der Waals surface area (Å²) in [6.45, 7) is 7.69. The number of carbonyl (C=O) groups is 1. The van der Waals surface area contributed by atoms with Crippen molar-refractivity contribution >= 4 is 40.1 Å². The molecule has 3 aromatic rings. The zero-order chi connectivity index (χ0) is 19.1. The standard InChI is InChI=1S/C19H19Cl2N3O2/c1-11-18(15-6-8-17(21)23-22-15)14-9-13(20)5-7-16(14)24(11)10-19(3,4)26-12(2)25/h5-9H,10H2,1-4H3. The zero-order valence-electron chi connectivity index (χ0n) is 15.0. The summed E-state index contributed by atoms with van der Waals surface area (Å²) in [6.07, 6.45) is 0. The molecule has 0 spiro atoms. The van der Waals surface area contributed by atoms with Gasteiger partial charge in [0.05, 0.1) is 12.2 Å². The minimum Gasteiger partial charge on any atom is -0.458 e. The summed E-state index contributed by atoms with van der Waals surface area (Å²) in [7, 11) is 0. The van der Waals surface area contributed by atoms with Crippen LogP contribution in [0, 0.1) is 6.92 Å². The van der Waals surface area contributed by atoms with Crippen molar-refractivity contribution in [3.05, 3.63) is 46.2 Å². The van der Waals surface area contributed by atoms with E-state index in [4.69, 9.17) is 27.9 Å². The fourth-order valence-corrected chi connectivity index (χ4v) is 3.51. The SMILES string of the molecule is CC(=O)OC(C)(C)Cn1c(C)c(-c2ccc(Cl)nn2)c2cc(Cl)ccc21. The molecule has 0 amide bonds. The summed E-state index contributed by atoms with van der Waals surface area (Å²) >= 11 is 12.1. The number of hydrogen-bond acceptors (Lipinski definition) is 4. The van der Waals surface area contributed by atoms with Crippen LogP contribution in [-0.2, 0) is 16.1 Å². The molecule has 0 bridgehead atoms. The smallest absolute Gasteiger partial charge is 0.303 e. The van der Waals surface area contributed by atoms with Crippen molar-refractivity contribution in [2.45, 2.75) is 39.8 Å². The number of fused-ring (bicyclic) bond motifs is 1. The minimum atomic E-state index is -0.662. The highest BCUT2D eigenvalue weighted by atomic mass is 35.5. The maximum atomic E-state index is 11.4. The first-order valence-electron chi connectivity index (χ1n) is 8.15. The average molecular weight is 392 g/mol. The van der Waals surface area contributed by atoms with Gasteiger partial charge in [-0.25, -0.2) is 0 Å². The Labute approximate surface area is 161 Å². The van der Waals surface area contributed by atoms with Gasteiger partial charge in [0.15, 0.2) is 5.15 Å². The first-order chi connectivity index (χ1) is 12.2. The molecule has 7 heteroatoms. The van der Waals surface area contributed by atoms with Crippen LogP contribution in [0.25, 0.3) is 22.2 Å². The van der Waals surface area contributed by atoms with Gasteiger partial charge in [0, 0.05) is 34.1 Å². The molecule has 26 heavy (non-hydrogen) atoms. The lowest BCUT2D eigenvalue weighted by atomic mass is 10.1. The number of nitrogens with zero attached hydrogens (tertiary/aromatic N) is 3. The second kappa shape index (κ2) is 6.89. The zero-order valence-corrected chi connectivity index (χ0v) is 16.5. The number of rotatable bonds is 4. The molecular formula is C19H19Cl2N3O2. The van der Waals surface area contributed by atoms with E-state index in [0.29, 0.717) is 22.4 Å². The third-order valence-corrected chi connectivity index (χ3v) is 4.57. The quantitative estimate of drug-likeness (QED) is 0.583. The summed E-state index contributed by atoms with van der Waals surface area (Å²) in [5.41, 5.74) is 2.96. The Morgan fingerprint density at radius 3 is 2.54 bits per heavy atom. The van der Waals surface area contributed by atoms with Crippen LogP contribution >= 0.6 is 23.2 Å². The summed E-state index contributed by atoms with van der Waals surface area (Å²) in [5, 5.41) is 10.1. The molecule has 0 N–H and O–H groups in total. The Morgan fingerprint density at radius 2 is 1.92 bits per heavy atom. The van der Waals surface area contributed by atoms with E-state index < -0.39 is 5.60 Å². The summed E-state index contributed by atoms with van der Waals surface area (Å²) in [5.74, 6) is -0.309. The highest BCUT2D eigenvalue weighted by molar-refractivity contribution is 6.31. The van der Waals surface area contributed by atoms with Crippen LogP contribution in [0.5, 0.6) is 0 Å². The Bertz CT molecular complexity index is 979. The van der Waals surface area contributed by atoms with Crippen molar-refractivity contribution in [3.8, 4) is 11.3 Å². The number of carbonyl (C=O) groups excluding carboxylic acids is 1. The predicted octanol–water partition coefficient (Wildman–Crippen LogP) is 5.06. The van der Waals surface area contributed by atoms with Crippen LogP contribution in [0.4, 0.5) is 0 Å². The van der Waals surface area contributed by atoms with Crippen molar-refractivity contribution in [2.75, 3.05) is 0 Å². The number of hydrogen-bond donors (Lipinski definition) is 0. The van der Waals surface area contributed by atoms with E-state index in [1.54, 1.807) is 6.07 Å². The summed E-state index contributed by atoms with van der Waals surface area (Å²) in [4.78, 5) is 11.4. The van der Waals surface area contributed by atoms with Gasteiger partial charge in [0.2, 0.25) is 0 Å². The van der Waals surface area contributed by atoms with Crippen molar-refractivity contribution in [2.24, 2.45) is 0 Å². The van der Waals surface area contributed by atoms with Crippen molar-refractivity contribution in [3.63, 3.8) is 0 Å². The van der Waals surface area contributed by atoms with E-state index in [2.05, 4.69) is 14.8 Å². The molecule has 0 radical (unpaired) electrons. The van der Waals surface area contributed by atoms with Gasteiger partial charge in [0.25, 0.3) is 0 Å². The van der Waals surface area contributed by atoms with Gasteiger partial charge in [-0.15, -0.1) is 10.2 Å². The highest BCUT2D eigenvalue weighted by Crippen LogP contribution is 2.36. The molecule has 0 fully saturated rings. The van der Waals surface area contributed by atoms with Crippen LogP contribution in [-0.4, -0.2) is 26.3 Å². The predicted molar refractivity (Wildman–Crippen MR) is 104 cm³/mol. The number of ether oxygens (including phenoxy) is 1. The van der Waals surface area contributed by atoms with Gasteiger partial charge in [-0.05, 0) is 51.1 Å². The minimum absolute atomic E-state index is 0.309.